The van der Waals surface area contributed by atoms with Gasteiger partial charge >= 0.3 is 5.97 Å². The van der Waals surface area contributed by atoms with E-state index in [0.717, 1.165) is 0 Å². The van der Waals surface area contributed by atoms with Gasteiger partial charge in [-0.25, -0.2) is 4.79 Å². The molecule has 0 bridgehead atoms. The number of hydrogen-bond acceptors (Lipinski definition) is 3. The van der Waals surface area contributed by atoms with Crippen LogP contribution in [-0.4, -0.2) is 13.1 Å². The highest BCUT2D eigenvalue weighted by atomic mass is 79.9. The zero-order chi connectivity index (χ0) is 7.56. The quantitative estimate of drug-likeness (QED) is 0.656. The first-order valence-electron chi connectivity index (χ1n) is 2.57. The Morgan fingerprint density at radius 3 is 2.90 bits per heavy atom. The minimum atomic E-state index is -0.402. The van der Waals surface area contributed by atoms with Crippen LogP contribution in [0.1, 0.15) is 10.4 Å². The Bertz CT molecular complexity index is 241. The summed E-state index contributed by atoms with van der Waals surface area (Å²) in [5.41, 5.74) is 0.405. The second-order valence-corrected chi connectivity index (χ2v) is 2.32. The molecule has 0 saturated heterocycles. The lowest BCUT2D eigenvalue weighted by atomic mass is 10.3. The second kappa shape index (κ2) is 2.88. The number of rotatable bonds is 1. The lowest BCUT2D eigenvalue weighted by Crippen LogP contribution is -1.99. The average Bonchev–Trinajstić information content (AvgIpc) is 2.34. The van der Waals surface area contributed by atoms with Gasteiger partial charge in [0, 0.05) is 0 Å². The van der Waals surface area contributed by atoms with Gasteiger partial charge in [0.15, 0.2) is 4.67 Å². The summed E-state index contributed by atoms with van der Waals surface area (Å²) in [6, 6.07) is 1.54. The van der Waals surface area contributed by atoms with Crippen LogP contribution in [0.4, 0.5) is 0 Å². The molecule has 10 heavy (non-hydrogen) atoms. The highest BCUT2D eigenvalue weighted by molar-refractivity contribution is 9.10. The maximum absolute atomic E-state index is 10.8. The maximum Gasteiger partial charge on any atom is 0.342 e. The van der Waals surface area contributed by atoms with Gasteiger partial charge in [-0.05, 0) is 22.0 Å². The van der Waals surface area contributed by atoms with Crippen molar-refractivity contribution in [2.24, 2.45) is 0 Å². The van der Waals surface area contributed by atoms with E-state index in [0.29, 0.717) is 10.2 Å². The average molecular weight is 205 g/mol. The van der Waals surface area contributed by atoms with Crippen LogP contribution in [-0.2, 0) is 4.74 Å². The molecule has 1 heterocycles. The van der Waals surface area contributed by atoms with E-state index in [1.165, 1.54) is 19.4 Å². The fraction of sp³-hybridized carbons (Fsp3) is 0.167. The van der Waals surface area contributed by atoms with Crippen LogP contribution in [0.25, 0.3) is 0 Å². The molecular weight excluding hydrogens is 200 g/mol. The van der Waals surface area contributed by atoms with Gasteiger partial charge in [0.1, 0.15) is 5.56 Å². The number of carbonyl (C=O) groups is 1. The van der Waals surface area contributed by atoms with E-state index in [4.69, 9.17) is 4.42 Å². The number of ether oxygens (including phenoxy) is 1. The Labute approximate surface area is 66.1 Å². The van der Waals surface area contributed by atoms with Crippen molar-refractivity contribution < 1.29 is 13.9 Å². The van der Waals surface area contributed by atoms with Crippen molar-refractivity contribution in [3.05, 3.63) is 22.6 Å². The van der Waals surface area contributed by atoms with Crippen LogP contribution < -0.4 is 0 Å². The number of esters is 1. The van der Waals surface area contributed by atoms with Crippen molar-refractivity contribution in [2.45, 2.75) is 0 Å². The zero-order valence-corrected chi connectivity index (χ0v) is 6.84. The molecule has 0 unspecified atom stereocenters. The second-order valence-electron chi connectivity index (χ2n) is 1.60. The molecule has 1 rings (SSSR count). The summed E-state index contributed by atoms with van der Waals surface area (Å²) in [5.74, 6) is -0.402. The molecule has 4 heteroatoms. The van der Waals surface area contributed by atoms with Gasteiger partial charge in [-0.1, -0.05) is 0 Å². The summed E-state index contributed by atoms with van der Waals surface area (Å²) in [6.07, 6.45) is 1.41. The molecule has 0 aromatic carbocycles. The fourth-order valence-corrected chi connectivity index (χ4v) is 0.951. The van der Waals surface area contributed by atoms with Crippen molar-refractivity contribution in [3.63, 3.8) is 0 Å². The normalized spacial score (nSPS) is 9.40. The van der Waals surface area contributed by atoms with Crippen LogP contribution in [0.2, 0.25) is 0 Å². The Kier molecular flexibility index (Phi) is 2.11. The topological polar surface area (TPSA) is 39.4 Å². The molecule has 0 radical (unpaired) electrons. The summed E-state index contributed by atoms with van der Waals surface area (Å²) >= 11 is 3.04. The van der Waals surface area contributed by atoms with Crippen molar-refractivity contribution in [1.82, 2.24) is 0 Å². The Balaban J connectivity index is 2.93. The largest absolute Gasteiger partial charge is 0.465 e. The van der Waals surface area contributed by atoms with Crippen LogP contribution in [0.15, 0.2) is 21.4 Å². The Hall–Kier alpha value is -0.770. The van der Waals surface area contributed by atoms with Gasteiger partial charge in [-0.15, -0.1) is 0 Å². The number of furan rings is 1. The Morgan fingerprint density at radius 2 is 2.50 bits per heavy atom. The first kappa shape index (κ1) is 7.34. The van der Waals surface area contributed by atoms with E-state index in [-0.39, 0.29) is 0 Å². The standard InChI is InChI=1S/C6H5BrO3/c1-9-6(8)4-2-3-10-5(4)7/h2-3H,1H3. The molecule has 0 N–H and O–H groups in total. The molecule has 1 aromatic heterocycles. The summed E-state index contributed by atoms with van der Waals surface area (Å²) in [5, 5.41) is 0. The third kappa shape index (κ3) is 1.21. The molecular formula is C6H5BrO3. The number of halogens is 1. The predicted octanol–water partition coefficient (Wildman–Crippen LogP) is 1.83. The molecule has 0 amide bonds. The highest BCUT2D eigenvalue weighted by Gasteiger charge is 2.11. The number of hydrogen-bond donors (Lipinski definition) is 0. The van der Waals surface area contributed by atoms with E-state index in [1.54, 1.807) is 0 Å². The smallest absolute Gasteiger partial charge is 0.342 e. The molecule has 0 aliphatic rings. The molecule has 0 fully saturated rings. The molecule has 0 aliphatic heterocycles. The summed E-state index contributed by atoms with van der Waals surface area (Å²) < 4.78 is 9.65. The van der Waals surface area contributed by atoms with Crippen molar-refractivity contribution in [2.75, 3.05) is 7.11 Å². The van der Waals surface area contributed by atoms with Crippen molar-refractivity contribution >= 4 is 21.9 Å². The van der Waals surface area contributed by atoms with Gasteiger partial charge in [0.05, 0.1) is 13.4 Å². The van der Waals surface area contributed by atoms with Gasteiger partial charge in [0.2, 0.25) is 0 Å². The summed E-state index contributed by atoms with van der Waals surface area (Å²) in [6.45, 7) is 0. The monoisotopic (exact) mass is 204 g/mol. The Morgan fingerprint density at radius 1 is 1.80 bits per heavy atom. The van der Waals surface area contributed by atoms with Gasteiger partial charge in [0.25, 0.3) is 0 Å². The molecule has 0 atom stereocenters. The molecule has 3 nitrogen and oxygen atoms in total. The number of carbonyl (C=O) groups excluding carboxylic acids is 1. The van der Waals surface area contributed by atoms with Crippen LogP contribution >= 0.6 is 15.9 Å². The predicted molar refractivity (Wildman–Crippen MR) is 37.7 cm³/mol. The lowest BCUT2D eigenvalue weighted by molar-refractivity contribution is 0.0598. The van der Waals surface area contributed by atoms with E-state index < -0.39 is 5.97 Å². The van der Waals surface area contributed by atoms with Crippen LogP contribution in [0.5, 0.6) is 0 Å². The van der Waals surface area contributed by atoms with Gasteiger partial charge in [-0.3, -0.25) is 0 Å². The molecule has 54 valence electrons. The molecule has 0 spiro atoms. The minimum Gasteiger partial charge on any atom is -0.465 e. The first-order chi connectivity index (χ1) is 4.75. The first-order valence-corrected chi connectivity index (χ1v) is 3.36. The third-order valence-electron chi connectivity index (χ3n) is 1.02. The van der Waals surface area contributed by atoms with Crippen molar-refractivity contribution in [3.8, 4) is 0 Å². The summed E-state index contributed by atoms with van der Waals surface area (Å²) in [7, 11) is 1.32. The third-order valence-corrected chi connectivity index (χ3v) is 1.64. The fourth-order valence-electron chi connectivity index (χ4n) is 0.549. The molecule has 0 aliphatic carbocycles. The van der Waals surface area contributed by atoms with Gasteiger partial charge < -0.3 is 9.15 Å². The minimum absolute atomic E-state index is 0.402. The van der Waals surface area contributed by atoms with E-state index in [2.05, 4.69) is 20.7 Å². The molecule has 0 saturated carbocycles. The van der Waals surface area contributed by atoms with Crippen LogP contribution in [0.3, 0.4) is 0 Å². The van der Waals surface area contributed by atoms with Gasteiger partial charge in [-0.2, -0.15) is 0 Å². The lowest BCUT2D eigenvalue weighted by Gasteiger charge is -1.92. The van der Waals surface area contributed by atoms with E-state index in [1.807, 2.05) is 0 Å². The highest BCUT2D eigenvalue weighted by Crippen LogP contribution is 2.17. The number of methoxy groups -OCH3 is 1. The van der Waals surface area contributed by atoms with Crippen LogP contribution in [0, 0.1) is 0 Å². The van der Waals surface area contributed by atoms with E-state index in [9.17, 15) is 4.79 Å². The SMILES string of the molecule is COC(=O)c1ccoc1Br. The van der Waals surface area contributed by atoms with Crippen molar-refractivity contribution in [1.29, 1.82) is 0 Å². The zero-order valence-electron chi connectivity index (χ0n) is 5.26. The summed E-state index contributed by atoms with van der Waals surface area (Å²) in [4.78, 5) is 10.8. The van der Waals surface area contributed by atoms with E-state index >= 15 is 0 Å². The maximum atomic E-state index is 10.8. The molecule has 1 aromatic rings.